The monoisotopic (exact) mass is 827 g/mol. The summed E-state index contributed by atoms with van der Waals surface area (Å²) in [6.45, 7) is 0. The molecule has 15 rings (SSSR count). The number of nitrogens with zero attached hydrogens (tertiary/aromatic N) is 3. The average molecular weight is 828 g/mol. The maximum atomic E-state index is 7.00. The Morgan fingerprint density at radius 3 is 1.66 bits per heavy atom. The van der Waals surface area contributed by atoms with Crippen LogP contribution < -0.4 is 0 Å². The van der Waals surface area contributed by atoms with E-state index in [9.17, 15) is 0 Å². The maximum Gasteiger partial charge on any atom is 0.136 e. The Kier molecular flexibility index (Phi) is 6.82. The zero-order valence-electron chi connectivity index (χ0n) is 34.7. The highest BCUT2D eigenvalue weighted by atomic mass is 16.3. The Morgan fingerprint density at radius 1 is 0.323 bits per heavy atom. The third-order valence-electron chi connectivity index (χ3n) is 14.1. The van der Waals surface area contributed by atoms with Crippen LogP contribution in [0, 0.1) is 0 Å². The predicted molar refractivity (Wildman–Crippen MR) is 262 cm³/mol. The quantitative estimate of drug-likeness (QED) is 0.177. The van der Waals surface area contributed by atoms with Gasteiger partial charge in [0.1, 0.15) is 22.3 Å². The zero-order valence-corrected chi connectivity index (χ0v) is 34.7. The van der Waals surface area contributed by atoms with Gasteiger partial charge in [-0.1, -0.05) is 127 Å². The lowest BCUT2D eigenvalue weighted by Crippen LogP contribution is -2.26. The lowest BCUT2D eigenvalue weighted by atomic mass is 9.69. The first-order valence-corrected chi connectivity index (χ1v) is 22.1. The number of benzene rings is 8. The van der Waals surface area contributed by atoms with Crippen LogP contribution in [-0.4, -0.2) is 15.0 Å². The van der Waals surface area contributed by atoms with E-state index in [1.807, 2.05) is 42.5 Å². The number of fused-ring (bicyclic) bond motifs is 19. The summed E-state index contributed by atoms with van der Waals surface area (Å²) in [5, 5.41) is 6.62. The lowest BCUT2D eigenvalue weighted by molar-refractivity contribution is 0.666. The van der Waals surface area contributed by atoms with Gasteiger partial charge in [0.2, 0.25) is 0 Å². The average Bonchev–Trinajstić information content (AvgIpc) is 4.09. The van der Waals surface area contributed by atoms with Gasteiger partial charge in [-0.3, -0.25) is 0 Å². The van der Waals surface area contributed by atoms with Crippen LogP contribution in [0.2, 0.25) is 0 Å². The molecular weight excluding hydrogens is 795 g/mol. The first-order chi connectivity index (χ1) is 32.2. The Labute approximate surface area is 371 Å². The van der Waals surface area contributed by atoms with Gasteiger partial charge in [-0.25, -0.2) is 15.0 Å². The van der Waals surface area contributed by atoms with Crippen LogP contribution in [-0.2, 0) is 5.41 Å². The van der Waals surface area contributed by atoms with Crippen molar-refractivity contribution in [2.45, 2.75) is 5.41 Å². The summed E-state index contributed by atoms with van der Waals surface area (Å²) in [4.78, 5) is 15.4. The Hall–Kier alpha value is -8.67. The molecule has 0 aliphatic heterocycles. The van der Waals surface area contributed by atoms with Crippen LogP contribution in [0.25, 0.3) is 122 Å². The van der Waals surface area contributed by atoms with Crippen molar-refractivity contribution >= 4 is 65.7 Å². The Bertz CT molecular complexity index is 4070. The third-order valence-corrected chi connectivity index (χ3v) is 14.1. The molecule has 13 aromatic rings. The highest BCUT2D eigenvalue weighted by Crippen LogP contribution is 2.65. The summed E-state index contributed by atoms with van der Waals surface area (Å²) in [5.41, 5.74) is 19.9. The Balaban J connectivity index is 0.976. The van der Waals surface area contributed by atoms with Crippen LogP contribution in [0.15, 0.2) is 209 Å². The van der Waals surface area contributed by atoms with Gasteiger partial charge in [0, 0.05) is 32.3 Å². The van der Waals surface area contributed by atoms with Crippen molar-refractivity contribution in [2.24, 2.45) is 0 Å². The van der Waals surface area contributed by atoms with E-state index in [-0.39, 0.29) is 0 Å². The molecule has 1 spiro atoms. The second-order valence-corrected chi connectivity index (χ2v) is 17.4. The van der Waals surface area contributed by atoms with E-state index in [1.165, 1.54) is 44.5 Å². The topological polar surface area (TPSA) is 65.0 Å². The van der Waals surface area contributed by atoms with Gasteiger partial charge in [0.05, 0.1) is 39.2 Å². The SMILES string of the molecule is c1ccc2c(c1)-c1ccccc1C21c2cc3oc4ccccc4c3cc2-c2ccc3oc4cc(-c5cc(-c6ccc7ccccc7n6)nc(-c6ccc7ccccc7n6)c5)ccc4c3c21. The minimum Gasteiger partial charge on any atom is -0.456 e. The van der Waals surface area contributed by atoms with Crippen molar-refractivity contribution in [3.05, 3.63) is 222 Å². The molecule has 0 fully saturated rings. The number of pyridine rings is 3. The second kappa shape index (κ2) is 12.7. The van der Waals surface area contributed by atoms with Crippen LogP contribution in [0.1, 0.15) is 22.3 Å². The number of aromatic nitrogens is 3. The van der Waals surface area contributed by atoms with Gasteiger partial charge in [0.15, 0.2) is 0 Å². The predicted octanol–water partition coefficient (Wildman–Crippen LogP) is 15.3. The van der Waals surface area contributed by atoms with E-state index in [4.69, 9.17) is 23.8 Å². The summed E-state index contributed by atoms with van der Waals surface area (Å²) in [7, 11) is 0. The van der Waals surface area contributed by atoms with Crippen molar-refractivity contribution in [3.8, 4) is 56.2 Å². The number of hydrogen-bond donors (Lipinski definition) is 0. The minimum absolute atomic E-state index is 0.603. The van der Waals surface area contributed by atoms with E-state index >= 15 is 0 Å². The molecule has 5 nitrogen and oxygen atoms in total. The molecule has 5 heteroatoms. The number of rotatable bonds is 3. The molecule has 0 atom stereocenters. The van der Waals surface area contributed by atoms with E-state index < -0.39 is 5.41 Å². The van der Waals surface area contributed by atoms with Gasteiger partial charge in [-0.2, -0.15) is 0 Å². The summed E-state index contributed by atoms with van der Waals surface area (Å²) < 4.78 is 13.6. The summed E-state index contributed by atoms with van der Waals surface area (Å²) in [6.07, 6.45) is 0. The summed E-state index contributed by atoms with van der Waals surface area (Å²) in [5.74, 6) is 0. The first-order valence-electron chi connectivity index (χ1n) is 22.1. The third kappa shape index (κ3) is 4.73. The van der Waals surface area contributed by atoms with Gasteiger partial charge < -0.3 is 8.83 Å². The number of para-hydroxylation sites is 3. The highest BCUT2D eigenvalue weighted by Gasteiger charge is 2.53. The van der Waals surface area contributed by atoms with Crippen molar-refractivity contribution < 1.29 is 8.83 Å². The van der Waals surface area contributed by atoms with Crippen molar-refractivity contribution in [1.29, 1.82) is 0 Å². The van der Waals surface area contributed by atoms with Crippen LogP contribution >= 0.6 is 0 Å². The summed E-state index contributed by atoms with van der Waals surface area (Å²) >= 11 is 0. The Morgan fingerprint density at radius 2 is 0.938 bits per heavy atom. The van der Waals surface area contributed by atoms with Crippen molar-refractivity contribution in [3.63, 3.8) is 0 Å². The molecule has 5 aromatic heterocycles. The zero-order chi connectivity index (χ0) is 42.4. The van der Waals surface area contributed by atoms with Gasteiger partial charge in [-0.05, 0) is 128 Å². The lowest BCUT2D eigenvalue weighted by Gasteiger charge is -2.31. The normalized spacial score (nSPS) is 13.4. The number of furan rings is 2. The fourth-order valence-electron chi connectivity index (χ4n) is 11.3. The maximum absolute atomic E-state index is 7.00. The molecule has 5 heterocycles. The fraction of sp³-hybridized carbons (Fsp3) is 0.0167. The minimum atomic E-state index is -0.603. The largest absolute Gasteiger partial charge is 0.456 e. The van der Waals surface area contributed by atoms with Gasteiger partial charge in [0.25, 0.3) is 0 Å². The summed E-state index contributed by atoms with van der Waals surface area (Å²) in [6, 6.07) is 71.1. The number of hydrogen-bond acceptors (Lipinski definition) is 5. The van der Waals surface area contributed by atoms with E-state index in [0.717, 1.165) is 99.6 Å². The van der Waals surface area contributed by atoms with Crippen LogP contribution in [0.5, 0.6) is 0 Å². The molecule has 0 unspecified atom stereocenters. The van der Waals surface area contributed by atoms with E-state index in [1.54, 1.807) is 0 Å². The van der Waals surface area contributed by atoms with Crippen molar-refractivity contribution in [2.75, 3.05) is 0 Å². The molecule has 0 bridgehead atoms. The molecule has 65 heavy (non-hydrogen) atoms. The molecule has 0 radical (unpaired) electrons. The van der Waals surface area contributed by atoms with Gasteiger partial charge in [-0.15, -0.1) is 0 Å². The van der Waals surface area contributed by atoms with E-state index in [2.05, 4.69) is 158 Å². The molecule has 2 aliphatic rings. The highest BCUT2D eigenvalue weighted by molar-refractivity contribution is 6.16. The first kappa shape index (κ1) is 34.9. The van der Waals surface area contributed by atoms with Crippen LogP contribution in [0.3, 0.4) is 0 Å². The van der Waals surface area contributed by atoms with Gasteiger partial charge >= 0.3 is 0 Å². The molecule has 8 aromatic carbocycles. The standard InChI is InChI=1S/C60H33N3O2/c1-8-18-48-34(11-1)22-26-50(61-48)52-29-37(30-53(63-52)51-27-23-35-12-2-9-19-49(35)62-51)36-21-24-42-56(31-36)65-55-28-25-41-43-32-44-40-15-5-10-20-54(40)64-57(44)33-47(43)60(59(41)58(42)55)45-16-6-3-13-38(45)39-14-4-7-17-46(39)60/h1-33H. The molecule has 0 N–H and O–H groups in total. The molecule has 0 saturated carbocycles. The second-order valence-electron chi connectivity index (χ2n) is 17.4. The van der Waals surface area contributed by atoms with E-state index in [0.29, 0.717) is 0 Å². The molecule has 0 saturated heterocycles. The molecule has 300 valence electrons. The van der Waals surface area contributed by atoms with Crippen molar-refractivity contribution in [1.82, 2.24) is 15.0 Å². The molecule has 0 amide bonds. The molecular formula is C60H33N3O2. The van der Waals surface area contributed by atoms with Crippen LogP contribution in [0.4, 0.5) is 0 Å². The molecule has 2 aliphatic carbocycles. The fourth-order valence-corrected chi connectivity index (χ4v) is 11.3. The smallest absolute Gasteiger partial charge is 0.136 e.